The summed E-state index contributed by atoms with van der Waals surface area (Å²) in [5.41, 5.74) is 2.95. The number of hydrogen-bond acceptors (Lipinski definition) is 2. The highest BCUT2D eigenvalue weighted by atomic mass is 16.5. The number of carbonyl (C=O) groups is 1. The maximum atomic E-state index is 11.0. The van der Waals surface area contributed by atoms with Gasteiger partial charge in [-0.15, -0.1) is 0 Å². The predicted octanol–water partition coefficient (Wildman–Crippen LogP) is 5.11. The van der Waals surface area contributed by atoms with Crippen molar-refractivity contribution in [3.63, 3.8) is 0 Å². The minimum atomic E-state index is -0.821. The number of carboxylic acids is 1. The first-order chi connectivity index (χ1) is 13.2. The summed E-state index contributed by atoms with van der Waals surface area (Å²) in [7, 11) is 0. The quantitative estimate of drug-likeness (QED) is 0.522. The van der Waals surface area contributed by atoms with Gasteiger partial charge in [0.2, 0.25) is 0 Å². The molecule has 0 spiro atoms. The fraction of sp³-hybridized carbons (Fsp3) is 0.0870. The topological polar surface area (TPSA) is 51.5 Å². The Hall–Kier alpha value is -3.53. The van der Waals surface area contributed by atoms with E-state index in [9.17, 15) is 4.79 Å². The van der Waals surface area contributed by atoms with Gasteiger partial charge in [-0.1, -0.05) is 42.5 Å². The lowest BCUT2D eigenvalue weighted by molar-refractivity contribution is -0.136. The Labute approximate surface area is 157 Å². The zero-order chi connectivity index (χ0) is 18.6. The highest BCUT2D eigenvalue weighted by Crippen LogP contribution is 2.24. The zero-order valence-corrected chi connectivity index (χ0v) is 14.7. The molecular weight excluding hydrogens is 338 g/mol. The number of ether oxygens (including phenoxy) is 1. The van der Waals surface area contributed by atoms with Crippen LogP contribution in [0.3, 0.4) is 0 Å². The first-order valence-electron chi connectivity index (χ1n) is 8.79. The molecule has 0 saturated carbocycles. The van der Waals surface area contributed by atoms with E-state index in [1.165, 1.54) is 0 Å². The van der Waals surface area contributed by atoms with Gasteiger partial charge in [-0.2, -0.15) is 0 Å². The molecule has 3 aromatic carbocycles. The van der Waals surface area contributed by atoms with Crippen LogP contribution < -0.4 is 4.74 Å². The van der Waals surface area contributed by atoms with Gasteiger partial charge in [-0.25, -0.2) is 0 Å². The highest BCUT2D eigenvalue weighted by molar-refractivity contribution is 5.82. The molecule has 1 heterocycles. The van der Waals surface area contributed by atoms with E-state index >= 15 is 0 Å². The van der Waals surface area contributed by atoms with Gasteiger partial charge in [0.05, 0.1) is 6.42 Å². The molecule has 0 aliphatic rings. The van der Waals surface area contributed by atoms with Gasteiger partial charge >= 0.3 is 5.97 Å². The molecule has 1 N–H and O–H groups in total. The molecule has 0 bridgehead atoms. The van der Waals surface area contributed by atoms with Gasteiger partial charge in [0.1, 0.15) is 11.5 Å². The second-order valence-electron chi connectivity index (χ2n) is 6.47. The summed E-state index contributed by atoms with van der Waals surface area (Å²) in [4.78, 5) is 11.0. The molecule has 4 rings (SSSR count). The number of aromatic nitrogens is 1. The van der Waals surface area contributed by atoms with E-state index in [2.05, 4.69) is 10.6 Å². The third-order valence-corrected chi connectivity index (χ3v) is 4.42. The van der Waals surface area contributed by atoms with Crippen LogP contribution in [0.25, 0.3) is 10.9 Å². The molecule has 0 aliphatic carbocycles. The molecule has 0 aliphatic heterocycles. The van der Waals surface area contributed by atoms with E-state index in [1.54, 1.807) is 0 Å². The van der Waals surface area contributed by atoms with Crippen LogP contribution in [0.4, 0.5) is 0 Å². The van der Waals surface area contributed by atoms with Crippen LogP contribution in [-0.4, -0.2) is 15.6 Å². The largest absolute Gasteiger partial charge is 0.481 e. The van der Waals surface area contributed by atoms with Crippen molar-refractivity contribution in [3.05, 3.63) is 96.2 Å². The van der Waals surface area contributed by atoms with Gasteiger partial charge in [-0.05, 0) is 52.9 Å². The minimum absolute atomic E-state index is 0.0293. The van der Waals surface area contributed by atoms with E-state index in [0.29, 0.717) is 6.54 Å². The smallest absolute Gasteiger partial charge is 0.307 e. The summed E-state index contributed by atoms with van der Waals surface area (Å²) in [5, 5.41) is 10.1. The molecule has 0 atom stereocenters. The molecule has 27 heavy (non-hydrogen) atoms. The SMILES string of the molecule is O=C(O)Cc1ccc2ccn(Cc3cccc(Oc4ccccc4)c3)c2c1. The number of para-hydroxylation sites is 1. The van der Waals surface area contributed by atoms with Crippen molar-refractivity contribution in [1.82, 2.24) is 4.57 Å². The third kappa shape index (κ3) is 4.01. The Balaban J connectivity index is 1.58. The molecule has 4 nitrogen and oxygen atoms in total. The predicted molar refractivity (Wildman–Crippen MR) is 105 cm³/mol. The maximum absolute atomic E-state index is 11.0. The molecule has 0 unspecified atom stereocenters. The Morgan fingerprint density at radius 3 is 2.48 bits per heavy atom. The van der Waals surface area contributed by atoms with Gasteiger partial charge < -0.3 is 14.4 Å². The van der Waals surface area contributed by atoms with Gasteiger partial charge in [0, 0.05) is 18.3 Å². The van der Waals surface area contributed by atoms with Gasteiger partial charge in [0.25, 0.3) is 0 Å². The van der Waals surface area contributed by atoms with Crippen molar-refractivity contribution >= 4 is 16.9 Å². The van der Waals surface area contributed by atoms with Crippen LogP contribution in [0, 0.1) is 0 Å². The molecular formula is C23H19NO3. The first-order valence-corrected chi connectivity index (χ1v) is 8.79. The van der Waals surface area contributed by atoms with Crippen molar-refractivity contribution in [1.29, 1.82) is 0 Å². The third-order valence-electron chi connectivity index (χ3n) is 4.42. The monoisotopic (exact) mass is 357 g/mol. The average molecular weight is 357 g/mol. The molecule has 0 radical (unpaired) electrons. The first kappa shape index (κ1) is 16.9. The minimum Gasteiger partial charge on any atom is -0.481 e. The number of rotatable bonds is 6. The highest BCUT2D eigenvalue weighted by Gasteiger charge is 2.07. The van der Waals surface area contributed by atoms with Crippen molar-refractivity contribution in [3.8, 4) is 11.5 Å². The lowest BCUT2D eigenvalue weighted by atomic mass is 10.1. The molecule has 0 saturated heterocycles. The van der Waals surface area contributed by atoms with E-state index in [0.717, 1.165) is 33.5 Å². The number of nitrogens with zero attached hydrogens (tertiary/aromatic N) is 1. The normalized spacial score (nSPS) is 10.8. The summed E-state index contributed by atoms with van der Waals surface area (Å²) in [6.07, 6.45) is 2.06. The second-order valence-corrected chi connectivity index (χ2v) is 6.47. The summed E-state index contributed by atoms with van der Waals surface area (Å²) in [5.74, 6) is 0.777. The van der Waals surface area contributed by atoms with Gasteiger partial charge in [0.15, 0.2) is 0 Å². The summed E-state index contributed by atoms with van der Waals surface area (Å²) in [6.45, 7) is 0.687. The zero-order valence-electron chi connectivity index (χ0n) is 14.7. The fourth-order valence-electron chi connectivity index (χ4n) is 3.18. The molecule has 1 aromatic heterocycles. The van der Waals surface area contributed by atoms with Crippen LogP contribution >= 0.6 is 0 Å². The van der Waals surface area contributed by atoms with Crippen LogP contribution in [0.15, 0.2) is 85.1 Å². The van der Waals surface area contributed by atoms with Crippen LogP contribution in [0.2, 0.25) is 0 Å². The molecule has 0 amide bonds. The molecule has 4 heteroatoms. The average Bonchev–Trinajstić information content (AvgIpc) is 3.05. The fourth-order valence-corrected chi connectivity index (χ4v) is 3.18. The summed E-state index contributed by atoms with van der Waals surface area (Å²) >= 11 is 0. The number of aliphatic carboxylic acids is 1. The lowest BCUT2D eigenvalue weighted by Gasteiger charge is -2.10. The number of fused-ring (bicyclic) bond motifs is 1. The van der Waals surface area contributed by atoms with Gasteiger partial charge in [-0.3, -0.25) is 4.79 Å². The molecule has 134 valence electrons. The Bertz CT molecular complexity index is 1080. The van der Waals surface area contributed by atoms with Crippen LogP contribution in [-0.2, 0) is 17.8 Å². The van der Waals surface area contributed by atoms with Crippen molar-refractivity contribution < 1.29 is 14.6 Å². The summed E-state index contributed by atoms with van der Waals surface area (Å²) < 4.78 is 8.04. The number of benzene rings is 3. The lowest BCUT2D eigenvalue weighted by Crippen LogP contribution is -2.01. The maximum Gasteiger partial charge on any atom is 0.307 e. The van der Waals surface area contributed by atoms with Crippen molar-refractivity contribution in [2.24, 2.45) is 0 Å². The standard InChI is InChI=1S/C23H19NO3/c25-23(26)15-17-9-10-19-11-12-24(22(19)14-17)16-18-5-4-8-21(13-18)27-20-6-2-1-3-7-20/h1-14H,15-16H2,(H,25,26). The molecule has 0 fully saturated rings. The van der Waals surface area contributed by atoms with Crippen LogP contribution in [0.1, 0.15) is 11.1 Å². The van der Waals surface area contributed by atoms with Crippen LogP contribution in [0.5, 0.6) is 11.5 Å². The van der Waals surface area contributed by atoms with E-state index < -0.39 is 5.97 Å². The van der Waals surface area contributed by atoms with Crippen molar-refractivity contribution in [2.45, 2.75) is 13.0 Å². The Morgan fingerprint density at radius 2 is 1.67 bits per heavy atom. The Kier molecular flexibility index (Phi) is 4.62. The van der Waals surface area contributed by atoms with E-state index in [1.807, 2.05) is 79.0 Å². The summed E-state index contributed by atoms with van der Waals surface area (Å²) in [6, 6.07) is 25.5. The Morgan fingerprint density at radius 1 is 0.852 bits per heavy atom. The van der Waals surface area contributed by atoms with E-state index in [4.69, 9.17) is 9.84 Å². The second kappa shape index (κ2) is 7.38. The van der Waals surface area contributed by atoms with E-state index in [-0.39, 0.29) is 6.42 Å². The molecule has 4 aromatic rings. The number of carboxylic acid groups (broad SMARTS) is 1. The van der Waals surface area contributed by atoms with Crippen molar-refractivity contribution in [2.75, 3.05) is 0 Å². The number of hydrogen-bond donors (Lipinski definition) is 1.